The summed E-state index contributed by atoms with van der Waals surface area (Å²) in [5, 5.41) is 0. The van der Waals surface area contributed by atoms with E-state index in [1.165, 1.54) is 6.42 Å². The Morgan fingerprint density at radius 1 is 1.20 bits per heavy atom. The zero-order valence-electron chi connectivity index (χ0n) is 9.85. The molecule has 0 aliphatic carbocycles. The highest BCUT2D eigenvalue weighted by molar-refractivity contribution is 14.1. The third-order valence-electron chi connectivity index (χ3n) is 1.54. The zero-order chi connectivity index (χ0) is 11.7. The third-order valence-corrected chi connectivity index (χ3v) is 2.31. The van der Waals surface area contributed by atoms with E-state index < -0.39 is 5.60 Å². The Labute approximate surface area is 106 Å². The van der Waals surface area contributed by atoms with Crippen LogP contribution in [0.2, 0.25) is 0 Å². The van der Waals surface area contributed by atoms with Crippen molar-refractivity contribution in [3.05, 3.63) is 0 Å². The first-order valence-electron chi connectivity index (χ1n) is 5.31. The lowest BCUT2D eigenvalue weighted by Gasteiger charge is -2.19. The van der Waals surface area contributed by atoms with Crippen molar-refractivity contribution in [1.82, 2.24) is 0 Å². The molecule has 90 valence electrons. The Bertz CT molecular complexity index is 175. The first kappa shape index (κ1) is 15.2. The number of halogens is 1. The summed E-state index contributed by atoms with van der Waals surface area (Å²) >= 11 is 2.34. The third kappa shape index (κ3) is 12.1. The SMILES string of the molecule is CC(C)(C)OC(=O)CCOCCCCI. The lowest BCUT2D eigenvalue weighted by atomic mass is 10.2. The fourth-order valence-corrected chi connectivity index (χ4v) is 1.49. The van der Waals surface area contributed by atoms with Crippen molar-refractivity contribution in [3.8, 4) is 0 Å². The van der Waals surface area contributed by atoms with E-state index >= 15 is 0 Å². The maximum atomic E-state index is 11.2. The van der Waals surface area contributed by atoms with Gasteiger partial charge in [-0.1, -0.05) is 22.6 Å². The summed E-state index contributed by atoms with van der Waals surface area (Å²) < 4.78 is 11.6. The molecule has 15 heavy (non-hydrogen) atoms. The summed E-state index contributed by atoms with van der Waals surface area (Å²) in [7, 11) is 0. The molecule has 0 aromatic rings. The summed E-state index contributed by atoms with van der Waals surface area (Å²) in [6, 6.07) is 0. The fraction of sp³-hybridized carbons (Fsp3) is 0.909. The van der Waals surface area contributed by atoms with E-state index in [1.807, 2.05) is 20.8 Å². The van der Waals surface area contributed by atoms with Crippen LogP contribution in [0.5, 0.6) is 0 Å². The maximum absolute atomic E-state index is 11.2. The van der Waals surface area contributed by atoms with Crippen LogP contribution in [-0.2, 0) is 14.3 Å². The highest BCUT2D eigenvalue weighted by atomic mass is 127. The molecule has 0 bridgehead atoms. The molecule has 0 heterocycles. The number of hydrogen-bond acceptors (Lipinski definition) is 3. The van der Waals surface area contributed by atoms with E-state index in [0.717, 1.165) is 17.5 Å². The molecule has 0 saturated carbocycles. The van der Waals surface area contributed by atoms with Crippen molar-refractivity contribution in [1.29, 1.82) is 0 Å². The summed E-state index contributed by atoms with van der Waals surface area (Å²) in [5.41, 5.74) is -0.391. The van der Waals surface area contributed by atoms with Gasteiger partial charge in [0.05, 0.1) is 13.0 Å². The number of rotatable bonds is 7. The van der Waals surface area contributed by atoms with Crippen LogP contribution >= 0.6 is 22.6 Å². The Kier molecular flexibility index (Phi) is 8.42. The Balaban J connectivity index is 3.32. The molecule has 3 nitrogen and oxygen atoms in total. The fourth-order valence-electron chi connectivity index (χ4n) is 0.949. The quantitative estimate of drug-likeness (QED) is 0.312. The van der Waals surface area contributed by atoms with Crippen LogP contribution in [0.1, 0.15) is 40.0 Å². The van der Waals surface area contributed by atoms with Gasteiger partial charge in [0.2, 0.25) is 0 Å². The number of esters is 1. The molecule has 0 saturated heterocycles. The minimum absolute atomic E-state index is 0.184. The molecule has 4 heteroatoms. The molecule has 0 fully saturated rings. The number of hydrogen-bond donors (Lipinski definition) is 0. The largest absolute Gasteiger partial charge is 0.460 e. The highest BCUT2D eigenvalue weighted by Gasteiger charge is 2.15. The van der Waals surface area contributed by atoms with Gasteiger partial charge in [-0.25, -0.2) is 0 Å². The standard InChI is InChI=1S/C11H21IO3/c1-11(2,3)15-10(13)6-9-14-8-5-4-7-12/h4-9H2,1-3H3. The highest BCUT2D eigenvalue weighted by Crippen LogP contribution is 2.08. The van der Waals surface area contributed by atoms with Crippen LogP contribution in [0.3, 0.4) is 0 Å². The van der Waals surface area contributed by atoms with Crippen molar-refractivity contribution in [2.75, 3.05) is 17.6 Å². The van der Waals surface area contributed by atoms with Gasteiger partial charge in [0.15, 0.2) is 0 Å². The lowest BCUT2D eigenvalue weighted by molar-refractivity contribution is -0.156. The van der Waals surface area contributed by atoms with Gasteiger partial charge in [0.1, 0.15) is 5.60 Å². The topological polar surface area (TPSA) is 35.5 Å². The van der Waals surface area contributed by atoms with E-state index in [2.05, 4.69) is 22.6 Å². The van der Waals surface area contributed by atoms with Crippen LogP contribution < -0.4 is 0 Å². The smallest absolute Gasteiger partial charge is 0.308 e. The van der Waals surface area contributed by atoms with Gasteiger partial charge in [0, 0.05) is 6.61 Å². The molecular formula is C11H21IO3. The molecule has 0 spiro atoms. The van der Waals surface area contributed by atoms with E-state index in [9.17, 15) is 4.79 Å². The average molecular weight is 328 g/mol. The number of unbranched alkanes of at least 4 members (excludes halogenated alkanes) is 1. The van der Waals surface area contributed by atoms with Crippen LogP contribution in [0.25, 0.3) is 0 Å². The second-order valence-corrected chi connectivity index (χ2v) is 5.42. The molecule has 0 aliphatic heterocycles. The summed E-state index contributed by atoms with van der Waals surface area (Å²) in [4.78, 5) is 11.2. The van der Waals surface area contributed by atoms with Crippen LogP contribution in [0.15, 0.2) is 0 Å². The maximum Gasteiger partial charge on any atom is 0.308 e. The minimum Gasteiger partial charge on any atom is -0.460 e. The van der Waals surface area contributed by atoms with Gasteiger partial charge >= 0.3 is 5.97 Å². The number of alkyl halides is 1. The van der Waals surface area contributed by atoms with E-state index in [0.29, 0.717) is 13.0 Å². The second kappa shape index (κ2) is 8.33. The van der Waals surface area contributed by atoms with Gasteiger partial charge in [-0.05, 0) is 38.0 Å². The molecule has 0 unspecified atom stereocenters. The Morgan fingerprint density at radius 2 is 1.87 bits per heavy atom. The molecule has 0 rings (SSSR count). The average Bonchev–Trinajstić information content (AvgIpc) is 2.08. The molecule has 0 aliphatic rings. The minimum atomic E-state index is -0.391. The van der Waals surface area contributed by atoms with E-state index in [-0.39, 0.29) is 5.97 Å². The van der Waals surface area contributed by atoms with Crippen LogP contribution in [0, 0.1) is 0 Å². The van der Waals surface area contributed by atoms with Gasteiger partial charge in [0.25, 0.3) is 0 Å². The van der Waals surface area contributed by atoms with Crippen LogP contribution in [0.4, 0.5) is 0 Å². The monoisotopic (exact) mass is 328 g/mol. The number of ether oxygens (including phenoxy) is 2. The zero-order valence-corrected chi connectivity index (χ0v) is 12.0. The predicted molar refractivity (Wildman–Crippen MR) is 69.4 cm³/mol. The van der Waals surface area contributed by atoms with Crippen molar-refractivity contribution < 1.29 is 14.3 Å². The van der Waals surface area contributed by atoms with Crippen molar-refractivity contribution in [2.45, 2.75) is 45.6 Å². The molecule has 0 radical (unpaired) electrons. The van der Waals surface area contributed by atoms with Gasteiger partial charge in [-0.2, -0.15) is 0 Å². The Morgan fingerprint density at radius 3 is 2.40 bits per heavy atom. The summed E-state index contributed by atoms with van der Waals surface area (Å²) in [5.74, 6) is -0.184. The molecule has 0 atom stereocenters. The number of carbonyl (C=O) groups is 1. The summed E-state index contributed by atoms with van der Waals surface area (Å²) in [6.45, 7) is 6.81. The molecule has 0 aromatic heterocycles. The first-order valence-corrected chi connectivity index (χ1v) is 6.84. The molecule has 0 aromatic carbocycles. The van der Waals surface area contributed by atoms with E-state index in [4.69, 9.17) is 9.47 Å². The van der Waals surface area contributed by atoms with Crippen LogP contribution in [-0.4, -0.2) is 29.2 Å². The first-order chi connectivity index (χ1) is 6.95. The van der Waals surface area contributed by atoms with Crippen molar-refractivity contribution in [3.63, 3.8) is 0 Å². The molecule has 0 amide bonds. The van der Waals surface area contributed by atoms with Crippen molar-refractivity contribution in [2.24, 2.45) is 0 Å². The molecular weight excluding hydrogens is 307 g/mol. The predicted octanol–water partition coefficient (Wildman–Crippen LogP) is 2.95. The summed E-state index contributed by atoms with van der Waals surface area (Å²) in [6.07, 6.45) is 2.59. The number of carbonyl (C=O) groups excluding carboxylic acids is 1. The van der Waals surface area contributed by atoms with Gasteiger partial charge < -0.3 is 9.47 Å². The van der Waals surface area contributed by atoms with Gasteiger partial charge in [-0.3, -0.25) is 4.79 Å². The van der Waals surface area contributed by atoms with E-state index in [1.54, 1.807) is 0 Å². The Hall–Kier alpha value is 0.160. The lowest BCUT2D eigenvalue weighted by Crippen LogP contribution is -2.24. The molecule has 0 N–H and O–H groups in total. The van der Waals surface area contributed by atoms with Gasteiger partial charge in [-0.15, -0.1) is 0 Å². The van der Waals surface area contributed by atoms with Crippen molar-refractivity contribution >= 4 is 28.6 Å². The normalized spacial score (nSPS) is 11.5. The second-order valence-electron chi connectivity index (χ2n) is 4.34.